The predicted molar refractivity (Wildman–Crippen MR) is 117 cm³/mol. The molecule has 3 rings (SSSR count). The smallest absolute Gasteiger partial charge is 0.416 e. The highest BCUT2D eigenvalue weighted by Crippen LogP contribution is 2.34. The number of hydrogen-bond acceptors (Lipinski definition) is 5. The summed E-state index contributed by atoms with van der Waals surface area (Å²) in [5, 5.41) is 5.20. The van der Waals surface area contributed by atoms with Crippen LogP contribution in [0.15, 0.2) is 47.8 Å². The van der Waals surface area contributed by atoms with Crippen molar-refractivity contribution in [3.05, 3.63) is 64.7 Å². The Bertz CT molecular complexity index is 1060. The maximum atomic E-state index is 12.7. The van der Waals surface area contributed by atoms with Crippen molar-refractivity contribution >= 4 is 17.2 Å². The van der Waals surface area contributed by atoms with Gasteiger partial charge in [-0.05, 0) is 41.8 Å². The molecule has 32 heavy (non-hydrogen) atoms. The molecule has 3 aromatic rings. The van der Waals surface area contributed by atoms with Crippen molar-refractivity contribution in [1.82, 2.24) is 10.3 Å². The molecule has 170 valence electrons. The Morgan fingerprint density at radius 2 is 1.84 bits per heavy atom. The van der Waals surface area contributed by atoms with E-state index in [2.05, 4.69) is 10.3 Å². The second-order valence-corrected chi connectivity index (χ2v) is 8.35. The lowest BCUT2D eigenvalue weighted by Gasteiger charge is -2.12. The molecule has 0 unspecified atom stereocenters. The van der Waals surface area contributed by atoms with Crippen LogP contribution < -0.4 is 14.8 Å². The van der Waals surface area contributed by atoms with Crippen LogP contribution in [0.2, 0.25) is 0 Å². The molecular formula is C23H23F3N2O3S. The minimum Gasteiger partial charge on any atom is -0.493 e. The molecule has 0 spiro atoms. The zero-order valence-electron chi connectivity index (χ0n) is 17.8. The Morgan fingerprint density at radius 3 is 2.47 bits per heavy atom. The first-order valence-corrected chi connectivity index (χ1v) is 10.8. The SMILES string of the molecule is COc1cc(-c2nc(C(=O)NCC(C)C)cs2)ccc1OCc1ccc(C(F)(F)F)cc1. The number of nitrogens with one attached hydrogen (secondary N) is 1. The minimum atomic E-state index is -4.37. The zero-order valence-corrected chi connectivity index (χ0v) is 18.6. The number of amides is 1. The number of carbonyl (C=O) groups is 1. The molecule has 0 aliphatic heterocycles. The van der Waals surface area contributed by atoms with Gasteiger partial charge in [0, 0.05) is 17.5 Å². The first-order valence-electron chi connectivity index (χ1n) is 9.88. The number of rotatable bonds is 8. The molecule has 0 aliphatic carbocycles. The lowest BCUT2D eigenvalue weighted by atomic mass is 10.1. The van der Waals surface area contributed by atoms with Crippen LogP contribution in [0.5, 0.6) is 11.5 Å². The Labute approximate surface area is 188 Å². The Hall–Kier alpha value is -3.07. The fourth-order valence-corrected chi connectivity index (χ4v) is 3.57. The van der Waals surface area contributed by atoms with E-state index in [1.165, 1.54) is 30.6 Å². The molecular weight excluding hydrogens is 441 g/mol. The summed E-state index contributed by atoms with van der Waals surface area (Å²) in [4.78, 5) is 16.6. The molecule has 1 heterocycles. The second-order valence-electron chi connectivity index (χ2n) is 7.49. The Kier molecular flexibility index (Phi) is 7.40. The number of hydrogen-bond donors (Lipinski definition) is 1. The first-order chi connectivity index (χ1) is 15.2. The molecule has 0 radical (unpaired) electrons. The molecule has 0 saturated heterocycles. The number of alkyl halides is 3. The monoisotopic (exact) mass is 464 g/mol. The van der Waals surface area contributed by atoms with Gasteiger partial charge in [-0.2, -0.15) is 13.2 Å². The number of thiazole rings is 1. The van der Waals surface area contributed by atoms with Crippen molar-refractivity contribution in [3.63, 3.8) is 0 Å². The van der Waals surface area contributed by atoms with Gasteiger partial charge in [-0.25, -0.2) is 4.98 Å². The predicted octanol–water partition coefficient (Wildman–Crippen LogP) is 5.80. The number of benzene rings is 2. The van der Waals surface area contributed by atoms with E-state index in [4.69, 9.17) is 9.47 Å². The summed E-state index contributed by atoms with van der Waals surface area (Å²) >= 11 is 1.34. The summed E-state index contributed by atoms with van der Waals surface area (Å²) in [6.07, 6.45) is -4.37. The van der Waals surface area contributed by atoms with Crippen LogP contribution >= 0.6 is 11.3 Å². The standard InChI is InChI=1S/C23H23F3N2O3S/c1-14(2)11-27-21(29)18-13-32-22(28-18)16-6-9-19(20(10-16)30-3)31-12-15-4-7-17(8-5-15)23(24,25)26/h4-10,13-14H,11-12H2,1-3H3,(H,27,29). The van der Waals surface area contributed by atoms with Gasteiger partial charge in [-0.15, -0.1) is 11.3 Å². The number of halogens is 3. The van der Waals surface area contributed by atoms with Crippen molar-refractivity contribution in [3.8, 4) is 22.1 Å². The van der Waals surface area contributed by atoms with Gasteiger partial charge in [0.25, 0.3) is 5.91 Å². The molecule has 0 aliphatic rings. The Morgan fingerprint density at radius 1 is 1.12 bits per heavy atom. The molecule has 2 aromatic carbocycles. The minimum absolute atomic E-state index is 0.0886. The highest BCUT2D eigenvalue weighted by atomic mass is 32.1. The lowest BCUT2D eigenvalue weighted by molar-refractivity contribution is -0.137. The van der Waals surface area contributed by atoms with Crippen LogP contribution in [-0.2, 0) is 12.8 Å². The van der Waals surface area contributed by atoms with E-state index in [-0.39, 0.29) is 12.5 Å². The van der Waals surface area contributed by atoms with Gasteiger partial charge in [-0.1, -0.05) is 26.0 Å². The molecule has 5 nitrogen and oxygen atoms in total. The van der Waals surface area contributed by atoms with Gasteiger partial charge >= 0.3 is 6.18 Å². The third-order valence-electron chi connectivity index (χ3n) is 4.49. The zero-order chi connectivity index (χ0) is 23.3. The first kappa shape index (κ1) is 23.6. The summed E-state index contributed by atoms with van der Waals surface area (Å²) in [6, 6.07) is 10.1. The quantitative estimate of drug-likeness (QED) is 0.458. The maximum absolute atomic E-state index is 12.7. The van der Waals surface area contributed by atoms with E-state index in [0.29, 0.717) is 40.2 Å². The average molecular weight is 465 g/mol. The van der Waals surface area contributed by atoms with E-state index >= 15 is 0 Å². The summed E-state index contributed by atoms with van der Waals surface area (Å²) in [7, 11) is 1.50. The number of methoxy groups -OCH3 is 1. The fourth-order valence-electron chi connectivity index (χ4n) is 2.77. The van der Waals surface area contributed by atoms with Crippen LogP contribution in [0.1, 0.15) is 35.5 Å². The molecule has 0 saturated carbocycles. The van der Waals surface area contributed by atoms with Gasteiger partial charge in [-0.3, -0.25) is 4.79 Å². The van der Waals surface area contributed by atoms with E-state index in [9.17, 15) is 18.0 Å². The fraction of sp³-hybridized carbons (Fsp3) is 0.304. The van der Waals surface area contributed by atoms with Crippen molar-refractivity contribution in [1.29, 1.82) is 0 Å². The molecule has 1 aromatic heterocycles. The highest BCUT2D eigenvalue weighted by molar-refractivity contribution is 7.13. The molecule has 0 atom stereocenters. The maximum Gasteiger partial charge on any atom is 0.416 e. The largest absolute Gasteiger partial charge is 0.493 e. The number of aromatic nitrogens is 1. The highest BCUT2D eigenvalue weighted by Gasteiger charge is 2.29. The lowest BCUT2D eigenvalue weighted by Crippen LogP contribution is -2.27. The van der Waals surface area contributed by atoms with Crippen LogP contribution in [-0.4, -0.2) is 24.5 Å². The summed E-state index contributed by atoms with van der Waals surface area (Å²) in [6.45, 7) is 4.69. The molecule has 1 N–H and O–H groups in total. The Balaban J connectivity index is 1.69. The average Bonchev–Trinajstić information content (AvgIpc) is 3.26. The van der Waals surface area contributed by atoms with Crippen molar-refractivity contribution in [2.24, 2.45) is 5.92 Å². The third kappa shape index (κ3) is 6.00. The van der Waals surface area contributed by atoms with Crippen LogP contribution in [0, 0.1) is 5.92 Å². The van der Waals surface area contributed by atoms with Gasteiger partial charge in [0.2, 0.25) is 0 Å². The molecule has 0 fully saturated rings. The van der Waals surface area contributed by atoms with Crippen molar-refractivity contribution in [2.45, 2.75) is 26.6 Å². The molecule has 0 bridgehead atoms. The van der Waals surface area contributed by atoms with E-state index < -0.39 is 11.7 Å². The third-order valence-corrected chi connectivity index (χ3v) is 5.39. The van der Waals surface area contributed by atoms with E-state index in [1.54, 1.807) is 23.6 Å². The van der Waals surface area contributed by atoms with Crippen LogP contribution in [0.3, 0.4) is 0 Å². The summed E-state index contributed by atoms with van der Waals surface area (Å²) in [5.41, 5.74) is 1.01. The topological polar surface area (TPSA) is 60.5 Å². The van der Waals surface area contributed by atoms with E-state index in [1.807, 2.05) is 13.8 Å². The number of carbonyl (C=O) groups excluding carboxylic acids is 1. The second kappa shape index (κ2) is 10.0. The normalized spacial score (nSPS) is 11.5. The van der Waals surface area contributed by atoms with Gasteiger partial charge in [0.1, 0.15) is 17.3 Å². The molecule has 9 heteroatoms. The molecule has 1 amide bonds. The van der Waals surface area contributed by atoms with Crippen molar-refractivity contribution in [2.75, 3.05) is 13.7 Å². The number of ether oxygens (including phenoxy) is 2. The van der Waals surface area contributed by atoms with Crippen LogP contribution in [0.4, 0.5) is 13.2 Å². The van der Waals surface area contributed by atoms with Crippen molar-refractivity contribution < 1.29 is 27.4 Å². The number of nitrogens with zero attached hydrogens (tertiary/aromatic N) is 1. The van der Waals surface area contributed by atoms with Crippen LogP contribution in [0.25, 0.3) is 10.6 Å². The summed E-state index contributed by atoms with van der Waals surface area (Å²) in [5.74, 6) is 1.03. The summed E-state index contributed by atoms with van der Waals surface area (Å²) < 4.78 is 49.2. The van der Waals surface area contributed by atoms with Gasteiger partial charge in [0.15, 0.2) is 11.5 Å². The van der Waals surface area contributed by atoms with Gasteiger partial charge in [0.05, 0.1) is 12.7 Å². The van der Waals surface area contributed by atoms with Gasteiger partial charge < -0.3 is 14.8 Å². The van der Waals surface area contributed by atoms with E-state index in [0.717, 1.165) is 17.7 Å².